The zero-order chi connectivity index (χ0) is 24.9. The van der Waals surface area contributed by atoms with Gasteiger partial charge in [-0.25, -0.2) is 0 Å². The minimum absolute atomic E-state index is 0.0953. The molecule has 8 heteroatoms. The molecule has 0 spiro atoms. The maximum Gasteiger partial charge on any atom is 0.244 e. The van der Waals surface area contributed by atoms with Crippen molar-refractivity contribution in [1.29, 1.82) is 0 Å². The Morgan fingerprint density at radius 3 is 2.92 bits per heavy atom. The van der Waals surface area contributed by atoms with Crippen LogP contribution in [0.5, 0.6) is 0 Å². The van der Waals surface area contributed by atoms with Crippen molar-refractivity contribution in [2.24, 2.45) is 0 Å². The lowest BCUT2D eigenvalue weighted by Crippen LogP contribution is -2.61. The summed E-state index contributed by atoms with van der Waals surface area (Å²) in [4.78, 5) is 23.5. The molecular formula is C28H30ClN5O2. The Bertz CT molecular complexity index is 1450. The van der Waals surface area contributed by atoms with Crippen molar-refractivity contribution in [2.75, 3.05) is 25.0 Å². The SMILES string of the molecule is CC1(C)CN(CC2Cc3ccccc3CN2)C(C(=O)Nc2cc(Cl)cc3c2[nH]c2cnccc23)CO1. The fraction of sp³-hybridized carbons (Fsp3) is 0.357. The van der Waals surface area contributed by atoms with E-state index in [-0.39, 0.29) is 17.6 Å². The number of benzene rings is 2. The average Bonchev–Trinajstić information content (AvgIpc) is 3.22. The molecule has 2 aliphatic rings. The van der Waals surface area contributed by atoms with Crippen LogP contribution in [0.4, 0.5) is 5.69 Å². The van der Waals surface area contributed by atoms with Gasteiger partial charge in [-0.1, -0.05) is 35.9 Å². The molecule has 1 fully saturated rings. The number of rotatable bonds is 4. The summed E-state index contributed by atoms with van der Waals surface area (Å²) in [5.74, 6) is -0.0953. The molecule has 186 valence electrons. The lowest BCUT2D eigenvalue weighted by molar-refractivity contribution is -0.143. The van der Waals surface area contributed by atoms with E-state index < -0.39 is 6.04 Å². The van der Waals surface area contributed by atoms with Crippen molar-refractivity contribution in [2.45, 2.75) is 44.5 Å². The molecule has 0 aliphatic carbocycles. The summed E-state index contributed by atoms with van der Waals surface area (Å²) < 4.78 is 6.11. The number of hydrogen-bond acceptors (Lipinski definition) is 5. The number of ether oxygens (including phenoxy) is 1. The molecule has 2 aliphatic heterocycles. The van der Waals surface area contributed by atoms with Gasteiger partial charge < -0.3 is 20.4 Å². The van der Waals surface area contributed by atoms with Gasteiger partial charge in [0.2, 0.25) is 5.91 Å². The number of pyridine rings is 1. The quantitative estimate of drug-likeness (QED) is 0.382. The normalized spacial score (nSPS) is 22.0. The van der Waals surface area contributed by atoms with Gasteiger partial charge in [0.05, 0.1) is 35.1 Å². The third-order valence-corrected chi connectivity index (χ3v) is 7.53. The molecule has 3 N–H and O–H groups in total. The van der Waals surface area contributed by atoms with E-state index in [0.29, 0.717) is 23.9 Å². The zero-order valence-corrected chi connectivity index (χ0v) is 21.2. The van der Waals surface area contributed by atoms with Gasteiger partial charge in [-0.05, 0) is 49.6 Å². The third-order valence-electron chi connectivity index (χ3n) is 7.31. The van der Waals surface area contributed by atoms with Gasteiger partial charge in [-0.2, -0.15) is 0 Å². The van der Waals surface area contributed by atoms with E-state index in [0.717, 1.165) is 41.3 Å². The van der Waals surface area contributed by atoms with Gasteiger partial charge in [0.1, 0.15) is 6.04 Å². The Kier molecular flexibility index (Phi) is 5.96. The number of carbonyl (C=O) groups excluding carboxylic acids is 1. The number of aromatic amines is 1. The van der Waals surface area contributed by atoms with E-state index in [9.17, 15) is 4.79 Å². The van der Waals surface area contributed by atoms with E-state index >= 15 is 0 Å². The summed E-state index contributed by atoms with van der Waals surface area (Å²) in [5.41, 5.74) is 4.81. The predicted octanol–water partition coefficient (Wildman–Crippen LogP) is 4.50. The summed E-state index contributed by atoms with van der Waals surface area (Å²) in [7, 11) is 0. The maximum absolute atomic E-state index is 13.7. The number of nitrogens with one attached hydrogen (secondary N) is 3. The number of fused-ring (bicyclic) bond motifs is 4. The number of anilines is 1. The highest BCUT2D eigenvalue weighted by molar-refractivity contribution is 6.33. The molecule has 4 heterocycles. The Labute approximate surface area is 215 Å². The summed E-state index contributed by atoms with van der Waals surface area (Å²) >= 11 is 6.46. The van der Waals surface area contributed by atoms with Crippen molar-refractivity contribution >= 4 is 45.0 Å². The number of morpholine rings is 1. The van der Waals surface area contributed by atoms with Gasteiger partial charge in [0.25, 0.3) is 0 Å². The second kappa shape index (κ2) is 9.16. The summed E-state index contributed by atoms with van der Waals surface area (Å²) in [6, 6.07) is 14.1. The van der Waals surface area contributed by atoms with E-state index in [1.807, 2.05) is 12.1 Å². The summed E-state index contributed by atoms with van der Waals surface area (Å²) in [5, 5.41) is 9.36. The summed E-state index contributed by atoms with van der Waals surface area (Å²) in [6.07, 6.45) is 4.48. The van der Waals surface area contributed by atoms with Crippen LogP contribution in [-0.2, 0) is 22.5 Å². The monoisotopic (exact) mass is 503 g/mol. The van der Waals surface area contributed by atoms with Crippen molar-refractivity contribution in [1.82, 2.24) is 20.2 Å². The zero-order valence-electron chi connectivity index (χ0n) is 20.5. The first kappa shape index (κ1) is 23.4. The van der Waals surface area contributed by atoms with Crippen LogP contribution in [0.2, 0.25) is 5.02 Å². The van der Waals surface area contributed by atoms with E-state index in [1.165, 1.54) is 11.1 Å². The molecule has 2 unspecified atom stereocenters. The lowest BCUT2D eigenvalue weighted by atomic mass is 9.94. The predicted molar refractivity (Wildman–Crippen MR) is 143 cm³/mol. The number of amides is 1. The van der Waals surface area contributed by atoms with Gasteiger partial charge in [0, 0.05) is 47.7 Å². The number of hydrogen-bond donors (Lipinski definition) is 3. The van der Waals surface area contributed by atoms with Crippen LogP contribution in [-0.4, -0.2) is 58.2 Å². The van der Waals surface area contributed by atoms with Crippen LogP contribution >= 0.6 is 11.6 Å². The smallest absolute Gasteiger partial charge is 0.244 e. The topological polar surface area (TPSA) is 82.3 Å². The molecule has 1 saturated heterocycles. The van der Waals surface area contributed by atoms with Crippen LogP contribution < -0.4 is 10.6 Å². The first-order valence-electron chi connectivity index (χ1n) is 12.4. The molecule has 4 aromatic rings. The first-order chi connectivity index (χ1) is 17.4. The first-order valence-corrected chi connectivity index (χ1v) is 12.8. The van der Waals surface area contributed by atoms with E-state index in [1.54, 1.807) is 18.5 Å². The minimum Gasteiger partial charge on any atom is -0.372 e. The fourth-order valence-electron chi connectivity index (χ4n) is 5.55. The van der Waals surface area contributed by atoms with Crippen LogP contribution in [0.3, 0.4) is 0 Å². The number of nitrogens with zero attached hydrogens (tertiary/aromatic N) is 2. The molecule has 2 aromatic carbocycles. The van der Waals surface area contributed by atoms with Gasteiger partial charge in [-0.15, -0.1) is 0 Å². The molecular weight excluding hydrogens is 474 g/mol. The summed E-state index contributed by atoms with van der Waals surface area (Å²) in [6.45, 7) is 6.79. The van der Waals surface area contributed by atoms with Crippen LogP contribution in [0.15, 0.2) is 54.9 Å². The number of H-pyrrole nitrogens is 1. The molecule has 0 bridgehead atoms. The van der Waals surface area contributed by atoms with Gasteiger partial charge in [0.15, 0.2) is 0 Å². The number of aromatic nitrogens is 2. The van der Waals surface area contributed by atoms with Crippen molar-refractivity contribution in [3.05, 3.63) is 71.0 Å². The van der Waals surface area contributed by atoms with Crippen molar-refractivity contribution < 1.29 is 9.53 Å². The average molecular weight is 504 g/mol. The fourth-order valence-corrected chi connectivity index (χ4v) is 5.77. The molecule has 36 heavy (non-hydrogen) atoms. The number of halogens is 1. The molecule has 7 nitrogen and oxygen atoms in total. The van der Waals surface area contributed by atoms with Crippen molar-refractivity contribution in [3.8, 4) is 0 Å². The Morgan fingerprint density at radius 1 is 1.22 bits per heavy atom. The second-order valence-electron chi connectivity index (χ2n) is 10.5. The molecule has 2 atom stereocenters. The highest BCUT2D eigenvalue weighted by atomic mass is 35.5. The maximum atomic E-state index is 13.7. The van der Waals surface area contributed by atoms with E-state index in [4.69, 9.17) is 16.3 Å². The molecule has 6 rings (SSSR count). The Balaban J connectivity index is 1.26. The Hall–Kier alpha value is -2.97. The van der Waals surface area contributed by atoms with Gasteiger partial charge in [-0.3, -0.25) is 14.7 Å². The van der Waals surface area contributed by atoms with Crippen LogP contribution in [0.25, 0.3) is 21.8 Å². The highest BCUT2D eigenvalue weighted by Crippen LogP contribution is 2.33. The van der Waals surface area contributed by atoms with Gasteiger partial charge >= 0.3 is 0 Å². The van der Waals surface area contributed by atoms with Crippen LogP contribution in [0, 0.1) is 0 Å². The minimum atomic E-state index is -0.405. The van der Waals surface area contributed by atoms with E-state index in [2.05, 4.69) is 63.6 Å². The molecule has 1 amide bonds. The molecule has 0 radical (unpaired) electrons. The number of carbonyl (C=O) groups is 1. The standard InChI is InChI=1S/C28H30ClN5O2/c1-28(2)16-34(14-20-9-17-5-3-4-6-18(17)12-31-20)25(15-36-28)27(35)33-23-11-19(29)10-22-21-7-8-30-13-24(21)32-26(22)23/h3-8,10-11,13,20,25,31-32H,9,12,14-16H2,1-2H3,(H,33,35). The highest BCUT2D eigenvalue weighted by Gasteiger charge is 2.39. The largest absolute Gasteiger partial charge is 0.372 e. The second-order valence-corrected chi connectivity index (χ2v) is 10.9. The molecule has 2 aromatic heterocycles. The van der Waals surface area contributed by atoms with Crippen molar-refractivity contribution in [3.63, 3.8) is 0 Å². The third kappa shape index (κ3) is 4.48. The molecule has 0 saturated carbocycles. The van der Waals surface area contributed by atoms with Crippen LogP contribution in [0.1, 0.15) is 25.0 Å². The lowest BCUT2D eigenvalue weighted by Gasteiger charge is -2.44. The Morgan fingerprint density at radius 2 is 2.06 bits per heavy atom.